The van der Waals surface area contributed by atoms with E-state index in [4.69, 9.17) is 4.74 Å². The first-order valence-corrected chi connectivity index (χ1v) is 10.6. The Morgan fingerprint density at radius 1 is 1.19 bits per heavy atom. The van der Waals surface area contributed by atoms with Crippen LogP contribution in [-0.2, 0) is 16.0 Å². The van der Waals surface area contributed by atoms with E-state index >= 15 is 0 Å². The molecule has 7 heteroatoms. The van der Waals surface area contributed by atoms with Crippen LogP contribution in [0.5, 0.6) is 5.75 Å². The summed E-state index contributed by atoms with van der Waals surface area (Å²) < 4.78 is 7.62. The van der Waals surface area contributed by atoms with Crippen LogP contribution in [0.4, 0.5) is 5.69 Å². The fourth-order valence-corrected chi connectivity index (χ4v) is 3.73. The van der Waals surface area contributed by atoms with E-state index < -0.39 is 0 Å². The molecule has 0 saturated carbocycles. The van der Waals surface area contributed by atoms with E-state index in [-0.39, 0.29) is 11.8 Å². The Morgan fingerprint density at radius 3 is 2.81 bits per heavy atom. The van der Waals surface area contributed by atoms with Crippen molar-refractivity contribution >= 4 is 23.6 Å². The minimum Gasteiger partial charge on any atom is -0.492 e. The molecule has 0 unspecified atom stereocenters. The second-order valence-electron chi connectivity index (χ2n) is 7.67. The number of para-hydroxylation sites is 1. The summed E-state index contributed by atoms with van der Waals surface area (Å²) in [7, 11) is 0. The summed E-state index contributed by atoms with van der Waals surface area (Å²) in [4.78, 5) is 23.7. The van der Waals surface area contributed by atoms with Gasteiger partial charge in [-0.3, -0.25) is 9.59 Å². The number of anilines is 1. The number of aryl methyl sites for hydroxylation is 2. The second-order valence-corrected chi connectivity index (χ2v) is 7.67. The summed E-state index contributed by atoms with van der Waals surface area (Å²) in [6.07, 6.45) is 4.51. The van der Waals surface area contributed by atoms with Crippen molar-refractivity contribution in [1.29, 1.82) is 0 Å². The van der Waals surface area contributed by atoms with Gasteiger partial charge in [-0.1, -0.05) is 18.2 Å². The predicted molar refractivity (Wildman–Crippen MR) is 124 cm³/mol. The van der Waals surface area contributed by atoms with Crippen molar-refractivity contribution in [3.63, 3.8) is 0 Å². The molecular weight excluding hydrogens is 404 g/mol. The Morgan fingerprint density at radius 2 is 2.00 bits per heavy atom. The van der Waals surface area contributed by atoms with Gasteiger partial charge in [0.05, 0.1) is 17.9 Å². The molecule has 2 heterocycles. The van der Waals surface area contributed by atoms with Crippen LogP contribution < -0.4 is 15.4 Å². The molecule has 0 bridgehead atoms. The van der Waals surface area contributed by atoms with Gasteiger partial charge in [-0.05, 0) is 62.2 Å². The number of carbonyl (C=O) groups is 2. The maximum Gasteiger partial charge on any atom is 0.244 e. The van der Waals surface area contributed by atoms with Crippen molar-refractivity contribution in [2.45, 2.75) is 26.7 Å². The highest BCUT2D eigenvalue weighted by atomic mass is 16.5. The van der Waals surface area contributed by atoms with Crippen LogP contribution in [0, 0.1) is 13.8 Å². The minimum atomic E-state index is -0.187. The predicted octanol–water partition coefficient (Wildman–Crippen LogP) is 3.58. The van der Waals surface area contributed by atoms with Crippen LogP contribution in [0.15, 0.2) is 54.6 Å². The van der Waals surface area contributed by atoms with Crippen LogP contribution in [0.1, 0.15) is 28.9 Å². The minimum absolute atomic E-state index is 0.0414. The van der Waals surface area contributed by atoms with Crippen LogP contribution in [0.25, 0.3) is 11.8 Å². The molecule has 0 aliphatic carbocycles. The monoisotopic (exact) mass is 430 g/mol. The SMILES string of the molecule is Cc1nn(-c2ccccc2)c(C)c1/C=C/C(=O)NCCOc1ccc2c(c1)CCC(=O)N2. The maximum absolute atomic E-state index is 12.2. The first kappa shape index (κ1) is 21.4. The summed E-state index contributed by atoms with van der Waals surface area (Å²) >= 11 is 0. The Hall–Kier alpha value is -3.87. The quantitative estimate of drug-likeness (QED) is 0.443. The van der Waals surface area contributed by atoms with Crippen LogP contribution in [0.2, 0.25) is 0 Å². The van der Waals surface area contributed by atoms with Gasteiger partial charge in [-0.15, -0.1) is 0 Å². The zero-order valence-electron chi connectivity index (χ0n) is 18.2. The number of nitrogens with one attached hydrogen (secondary N) is 2. The lowest BCUT2D eigenvalue weighted by molar-refractivity contribution is -0.117. The largest absolute Gasteiger partial charge is 0.492 e. The molecule has 2 amide bonds. The molecule has 164 valence electrons. The van der Waals surface area contributed by atoms with Crippen LogP contribution >= 0.6 is 0 Å². The molecule has 0 spiro atoms. The van der Waals surface area contributed by atoms with Crippen molar-refractivity contribution in [3.05, 3.63) is 77.1 Å². The summed E-state index contributed by atoms with van der Waals surface area (Å²) in [6.45, 7) is 4.66. The highest BCUT2D eigenvalue weighted by Gasteiger charge is 2.15. The second kappa shape index (κ2) is 9.51. The normalized spacial score (nSPS) is 13.0. The third-order valence-electron chi connectivity index (χ3n) is 5.39. The number of fused-ring (bicyclic) bond motifs is 1. The van der Waals surface area contributed by atoms with Gasteiger partial charge in [0.1, 0.15) is 12.4 Å². The molecule has 0 saturated heterocycles. The average molecular weight is 431 g/mol. The third kappa shape index (κ3) is 4.88. The fraction of sp³-hybridized carbons (Fsp3) is 0.240. The van der Waals surface area contributed by atoms with Crippen molar-refractivity contribution in [3.8, 4) is 11.4 Å². The van der Waals surface area contributed by atoms with Gasteiger partial charge >= 0.3 is 0 Å². The summed E-state index contributed by atoms with van der Waals surface area (Å²) in [5, 5.41) is 10.3. The van der Waals surface area contributed by atoms with Crippen molar-refractivity contribution in [1.82, 2.24) is 15.1 Å². The van der Waals surface area contributed by atoms with Crippen molar-refractivity contribution < 1.29 is 14.3 Å². The molecule has 3 aromatic rings. The zero-order valence-corrected chi connectivity index (χ0v) is 18.2. The number of hydrogen-bond donors (Lipinski definition) is 2. The lowest BCUT2D eigenvalue weighted by Gasteiger charge is -2.17. The van der Waals surface area contributed by atoms with Gasteiger partial charge in [-0.25, -0.2) is 4.68 Å². The van der Waals surface area contributed by atoms with Crippen molar-refractivity contribution in [2.24, 2.45) is 0 Å². The Balaban J connectivity index is 1.28. The molecule has 2 N–H and O–H groups in total. The lowest BCUT2D eigenvalue weighted by Crippen LogP contribution is -2.26. The molecular formula is C25H26N4O3. The molecule has 32 heavy (non-hydrogen) atoms. The van der Waals surface area contributed by atoms with Crippen LogP contribution in [-0.4, -0.2) is 34.7 Å². The number of benzene rings is 2. The Bertz CT molecular complexity index is 1170. The van der Waals surface area contributed by atoms with Gasteiger partial charge in [0.2, 0.25) is 11.8 Å². The Kier molecular flexibility index (Phi) is 6.35. The molecule has 4 rings (SSSR count). The molecule has 0 atom stereocenters. The summed E-state index contributed by atoms with van der Waals surface area (Å²) in [5.41, 5.74) is 5.66. The van der Waals surface area contributed by atoms with Gasteiger partial charge < -0.3 is 15.4 Å². The first-order valence-electron chi connectivity index (χ1n) is 10.6. The average Bonchev–Trinajstić information content (AvgIpc) is 3.09. The van der Waals surface area contributed by atoms with Gasteiger partial charge in [-0.2, -0.15) is 5.10 Å². The van der Waals surface area contributed by atoms with Crippen LogP contribution in [0.3, 0.4) is 0 Å². The number of rotatable bonds is 7. The molecule has 7 nitrogen and oxygen atoms in total. The maximum atomic E-state index is 12.2. The highest BCUT2D eigenvalue weighted by Crippen LogP contribution is 2.26. The van der Waals surface area contributed by atoms with E-state index in [1.807, 2.05) is 67.1 Å². The molecule has 1 aromatic heterocycles. The molecule has 0 radical (unpaired) electrons. The number of carbonyl (C=O) groups excluding carboxylic acids is 2. The Labute approximate surface area is 187 Å². The van der Waals surface area contributed by atoms with Gasteiger partial charge in [0.15, 0.2) is 0 Å². The first-order chi connectivity index (χ1) is 15.5. The molecule has 0 fully saturated rings. The fourth-order valence-electron chi connectivity index (χ4n) is 3.73. The lowest BCUT2D eigenvalue weighted by atomic mass is 10.0. The molecule has 2 aromatic carbocycles. The number of ether oxygens (including phenoxy) is 1. The number of amides is 2. The van der Waals surface area contributed by atoms with E-state index in [1.54, 1.807) is 6.08 Å². The number of hydrogen-bond acceptors (Lipinski definition) is 4. The summed E-state index contributed by atoms with van der Waals surface area (Å²) in [6, 6.07) is 15.5. The summed E-state index contributed by atoms with van der Waals surface area (Å²) in [5.74, 6) is 0.581. The zero-order chi connectivity index (χ0) is 22.5. The van der Waals surface area contributed by atoms with E-state index in [9.17, 15) is 9.59 Å². The van der Waals surface area contributed by atoms with Gasteiger partial charge in [0.25, 0.3) is 0 Å². The van der Waals surface area contributed by atoms with E-state index in [2.05, 4.69) is 15.7 Å². The van der Waals surface area contributed by atoms with E-state index in [0.29, 0.717) is 26.0 Å². The number of nitrogens with zero attached hydrogens (tertiary/aromatic N) is 2. The highest BCUT2D eigenvalue weighted by molar-refractivity contribution is 5.94. The molecule has 1 aliphatic rings. The third-order valence-corrected chi connectivity index (χ3v) is 5.39. The van der Waals surface area contributed by atoms with E-state index in [1.165, 1.54) is 6.08 Å². The van der Waals surface area contributed by atoms with E-state index in [0.717, 1.165) is 39.6 Å². The standard InChI is InChI=1S/C25H26N4O3/c1-17-22(18(2)29(28-17)20-6-4-3-5-7-20)10-13-24(30)26-14-15-32-21-9-11-23-19(16-21)8-12-25(31)27-23/h3-7,9-11,13,16H,8,12,14-15H2,1-2H3,(H,26,30)(H,27,31)/b13-10+. The molecule has 1 aliphatic heterocycles. The smallest absolute Gasteiger partial charge is 0.244 e. The van der Waals surface area contributed by atoms with Gasteiger partial charge in [0, 0.05) is 29.4 Å². The topological polar surface area (TPSA) is 85.2 Å². The van der Waals surface area contributed by atoms with Crippen molar-refractivity contribution in [2.75, 3.05) is 18.5 Å². The number of aromatic nitrogens is 2.